The predicted molar refractivity (Wildman–Crippen MR) is 97.3 cm³/mol. The molecule has 0 saturated carbocycles. The number of anilines is 2. The third kappa shape index (κ3) is 3.41. The lowest BCUT2D eigenvalue weighted by molar-refractivity contribution is 0.102. The number of benzene rings is 2. The zero-order valence-electron chi connectivity index (χ0n) is 13.4. The molecule has 0 saturated heterocycles. The van der Waals surface area contributed by atoms with E-state index in [2.05, 4.69) is 10.4 Å². The van der Waals surface area contributed by atoms with Crippen molar-refractivity contribution in [3.63, 3.8) is 0 Å². The highest BCUT2D eigenvalue weighted by Crippen LogP contribution is 2.28. The number of amides is 1. The number of hydrogen-bond acceptors (Lipinski definition) is 3. The van der Waals surface area contributed by atoms with Crippen LogP contribution < -0.4 is 10.2 Å². The van der Waals surface area contributed by atoms with Crippen LogP contribution in [0.5, 0.6) is 0 Å². The molecule has 0 unspecified atom stereocenters. The summed E-state index contributed by atoms with van der Waals surface area (Å²) >= 11 is 6.05. The number of nitrogens with one attached hydrogen (secondary N) is 1. The van der Waals surface area contributed by atoms with Gasteiger partial charge in [0.15, 0.2) is 5.69 Å². The molecule has 0 fully saturated rings. The quantitative estimate of drug-likeness (QED) is 0.785. The average Bonchev–Trinajstić information content (AvgIpc) is 3.05. The highest BCUT2D eigenvalue weighted by molar-refractivity contribution is 6.31. The Morgan fingerprint density at radius 3 is 2.58 bits per heavy atom. The zero-order valence-corrected chi connectivity index (χ0v) is 14.2. The summed E-state index contributed by atoms with van der Waals surface area (Å²) in [5, 5.41) is 7.77. The van der Waals surface area contributed by atoms with Crippen LogP contribution in [0.3, 0.4) is 0 Å². The first-order chi connectivity index (χ1) is 11.5. The molecule has 0 aliphatic rings. The first-order valence-corrected chi connectivity index (χ1v) is 7.82. The molecule has 3 rings (SSSR count). The van der Waals surface area contributed by atoms with E-state index in [1.54, 1.807) is 29.1 Å². The molecule has 0 spiro atoms. The summed E-state index contributed by atoms with van der Waals surface area (Å²) in [7, 11) is 3.81. The normalized spacial score (nSPS) is 10.5. The third-order valence-corrected chi connectivity index (χ3v) is 3.77. The summed E-state index contributed by atoms with van der Waals surface area (Å²) in [4.78, 5) is 14.4. The molecular weight excluding hydrogens is 324 g/mol. The van der Waals surface area contributed by atoms with Gasteiger partial charge in [-0.1, -0.05) is 29.8 Å². The zero-order chi connectivity index (χ0) is 17.1. The molecule has 1 N–H and O–H groups in total. The summed E-state index contributed by atoms with van der Waals surface area (Å²) in [6.45, 7) is 0. The van der Waals surface area contributed by atoms with Crippen LogP contribution in [0.1, 0.15) is 10.5 Å². The summed E-state index contributed by atoms with van der Waals surface area (Å²) in [5.41, 5.74) is 2.75. The number of rotatable bonds is 4. The first kappa shape index (κ1) is 16.1. The third-order valence-electron chi connectivity index (χ3n) is 3.53. The van der Waals surface area contributed by atoms with E-state index in [9.17, 15) is 4.79 Å². The second-order valence-corrected chi connectivity index (χ2v) is 5.93. The second kappa shape index (κ2) is 6.76. The van der Waals surface area contributed by atoms with Crippen molar-refractivity contribution < 1.29 is 4.79 Å². The Labute approximate surface area is 145 Å². The van der Waals surface area contributed by atoms with E-state index in [4.69, 9.17) is 11.6 Å². The van der Waals surface area contributed by atoms with Gasteiger partial charge in [-0.05, 0) is 36.4 Å². The lowest BCUT2D eigenvalue weighted by Crippen LogP contribution is -2.17. The van der Waals surface area contributed by atoms with Gasteiger partial charge >= 0.3 is 0 Å². The molecule has 0 atom stereocenters. The molecule has 6 heteroatoms. The SMILES string of the molecule is CN(C)c1ccc(Cl)cc1NC(=O)c1ccn(-c2ccccc2)n1. The van der Waals surface area contributed by atoms with Crippen molar-refractivity contribution in [3.8, 4) is 5.69 Å². The van der Waals surface area contributed by atoms with Crippen molar-refractivity contribution >= 4 is 28.9 Å². The van der Waals surface area contributed by atoms with Gasteiger partial charge in [0.25, 0.3) is 5.91 Å². The van der Waals surface area contributed by atoms with Crippen LogP contribution in [-0.4, -0.2) is 29.8 Å². The Bertz CT molecular complexity index is 858. The fourth-order valence-electron chi connectivity index (χ4n) is 2.35. The molecule has 0 aliphatic heterocycles. The Balaban J connectivity index is 1.84. The van der Waals surface area contributed by atoms with Crippen molar-refractivity contribution in [2.75, 3.05) is 24.3 Å². The molecule has 3 aromatic rings. The summed E-state index contributed by atoms with van der Waals surface area (Å²) in [6, 6.07) is 16.7. The van der Waals surface area contributed by atoms with E-state index in [0.717, 1.165) is 11.4 Å². The Kier molecular flexibility index (Phi) is 4.53. The van der Waals surface area contributed by atoms with Gasteiger partial charge in [-0.25, -0.2) is 4.68 Å². The smallest absolute Gasteiger partial charge is 0.276 e. The Morgan fingerprint density at radius 2 is 1.88 bits per heavy atom. The van der Waals surface area contributed by atoms with E-state index >= 15 is 0 Å². The molecule has 0 bridgehead atoms. The van der Waals surface area contributed by atoms with Crippen molar-refractivity contribution in [1.29, 1.82) is 0 Å². The van der Waals surface area contributed by atoms with Gasteiger partial charge in [-0.3, -0.25) is 4.79 Å². The fraction of sp³-hybridized carbons (Fsp3) is 0.111. The minimum atomic E-state index is -0.282. The topological polar surface area (TPSA) is 50.2 Å². The number of carbonyl (C=O) groups excluding carboxylic acids is 1. The van der Waals surface area contributed by atoms with Gasteiger partial charge in [-0.15, -0.1) is 0 Å². The van der Waals surface area contributed by atoms with Crippen molar-refractivity contribution in [2.24, 2.45) is 0 Å². The van der Waals surface area contributed by atoms with Crippen molar-refractivity contribution in [2.45, 2.75) is 0 Å². The predicted octanol–water partition coefficient (Wildman–Crippen LogP) is 3.84. The van der Waals surface area contributed by atoms with E-state index < -0.39 is 0 Å². The number of nitrogens with zero attached hydrogens (tertiary/aromatic N) is 3. The second-order valence-electron chi connectivity index (χ2n) is 5.49. The van der Waals surface area contributed by atoms with Gasteiger partial charge in [-0.2, -0.15) is 5.10 Å². The fourth-order valence-corrected chi connectivity index (χ4v) is 2.53. The van der Waals surface area contributed by atoms with Gasteiger partial charge in [0.1, 0.15) is 0 Å². The molecule has 1 amide bonds. The molecule has 1 aromatic heterocycles. The number of carbonyl (C=O) groups is 1. The van der Waals surface area contributed by atoms with Crippen LogP contribution in [0, 0.1) is 0 Å². The van der Waals surface area contributed by atoms with Gasteiger partial charge in [0.2, 0.25) is 0 Å². The lowest BCUT2D eigenvalue weighted by atomic mass is 10.2. The minimum absolute atomic E-state index is 0.282. The van der Waals surface area contributed by atoms with E-state index in [1.807, 2.05) is 55.4 Å². The minimum Gasteiger partial charge on any atom is -0.376 e. The van der Waals surface area contributed by atoms with E-state index in [1.165, 1.54) is 0 Å². The molecule has 5 nitrogen and oxygen atoms in total. The Hall–Kier alpha value is -2.79. The molecule has 0 aliphatic carbocycles. The van der Waals surface area contributed by atoms with Gasteiger partial charge in [0.05, 0.1) is 17.1 Å². The number of halogens is 1. The molecule has 2 aromatic carbocycles. The lowest BCUT2D eigenvalue weighted by Gasteiger charge is -2.17. The van der Waals surface area contributed by atoms with Crippen LogP contribution in [0.15, 0.2) is 60.8 Å². The number of aromatic nitrogens is 2. The largest absolute Gasteiger partial charge is 0.376 e. The van der Waals surface area contributed by atoms with Crippen molar-refractivity contribution in [1.82, 2.24) is 9.78 Å². The molecule has 1 heterocycles. The maximum Gasteiger partial charge on any atom is 0.276 e. The van der Waals surface area contributed by atoms with Gasteiger partial charge < -0.3 is 10.2 Å². The van der Waals surface area contributed by atoms with Crippen LogP contribution in [-0.2, 0) is 0 Å². The summed E-state index contributed by atoms with van der Waals surface area (Å²) in [6.07, 6.45) is 1.76. The Morgan fingerprint density at radius 1 is 1.12 bits per heavy atom. The van der Waals surface area contributed by atoms with E-state index in [-0.39, 0.29) is 5.91 Å². The molecule has 24 heavy (non-hydrogen) atoms. The maximum absolute atomic E-state index is 12.5. The summed E-state index contributed by atoms with van der Waals surface area (Å²) in [5.74, 6) is -0.282. The van der Waals surface area contributed by atoms with Crippen LogP contribution in [0.25, 0.3) is 5.69 Å². The summed E-state index contributed by atoms with van der Waals surface area (Å²) < 4.78 is 1.67. The van der Waals surface area contributed by atoms with Crippen LogP contribution in [0.4, 0.5) is 11.4 Å². The highest BCUT2D eigenvalue weighted by atomic mass is 35.5. The standard InChI is InChI=1S/C18H17ClN4O/c1-22(2)17-9-8-13(19)12-16(17)20-18(24)15-10-11-23(21-15)14-6-4-3-5-7-14/h3-12H,1-2H3,(H,20,24). The van der Waals surface area contributed by atoms with Crippen molar-refractivity contribution in [3.05, 3.63) is 71.5 Å². The van der Waals surface area contributed by atoms with Crippen LogP contribution in [0.2, 0.25) is 5.02 Å². The number of para-hydroxylation sites is 1. The molecular formula is C18H17ClN4O. The molecule has 0 radical (unpaired) electrons. The monoisotopic (exact) mass is 340 g/mol. The van der Waals surface area contributed by atoms with E-state index in [0.29, 0.717) is 16.4 Å². The average molecular weight is 341 g/mol. The maximum atomic E-state index is 12.5. The van der Waals surface area contributed by atoms with Gasteiger partial charge in [0, 0.05) is 25.3 Å². The van der Waals surface area contributed by atoms with Crippen LogP contribution >= 0.6 is 11.6 Å². The number of hydrogen-bond donors (Lipinski definition) is 1. The first-order valence-electron chi connectivity index (χ1n) is 7.44. The highest BCUT2D eigenvalue weighted by Gasteiger charge is 2.14. The molecule has 122 valence electrons.